The van der Waals surface area contributed by atoms with E-state index in [1.165, 1.54) is 12.3 Å². The Morgan fingerprint density at radius 2 is 1.91 bits per heavy atom. The van der Waals surface area contributed by atoms with Crippen LogP contribution in [0.1, 0.15) is 15.9 Å². The van der Waals surface area contributed by atoms with Crippen molar-refractivity contribution in [3.63, 3.8) is 0 Å². The molecule has 0 spiro atoms. The number of imidazole rings is 1. The Kier molecular flexibility index (Phi) is 3.56. The minimum absolute atomic E-state index is 0.0426. The molecule has 0 radical (unpaired) electrons. The molecule has 0 bridgehead atoms. The molecule has 1 aromatic carbocycles. The molecule has 2 heterocycles. The smallest absolute Gasteiger partial charge is 0.323 e. The molecule has 0 fully saturated rings. The van der Waals surface area contributed by atoms with Crippen molar-refractivity contribution in [3.8, 4) is 0 Å². The van der Waals surface area contributed by atoms with Gasteiger partial charge in [0.2, 0.25) is 0 Å². The third-order valence-corrected chi connectivity index (χ3v) is 3.43. The molecular formula is C14H11ClN4O3. The molecule has 4 N–H and O–H groups in total. The first-order chi connectivity index (χ1) is 10.5. The summed E-state index contributed by atoms with van der Waals surface area (Å²) in [4.78, 5) is 42.0. The number of hydrogen-bond acceptors (Lipinski definition) is 3. The molecule has 7 nitrogen and oxygen atoms in total. The van der Waals surface area contributed by atoms with Gasteiger partial charge in [-0.05, 0) is 23.8 Å². The molecule has 3 rings (SSSR count). The van der Waals surface area contributed by atoms with Crippen LogP contribution in [-0.4, -0.2) is 20.9 Å². The summed E-state index contributed by atoms with van der Waals surface area (Å²) in [5.41, 5.74) is 1.74. The van der Waals surface area contributed by atoms with Gasteiger partial charge in [0, 0.05) is 12.7 Å². The van der Waals surface area contributed by atoms with Crippen LogP contribution in [-0.2, 0) is 6.54 Å². The number of benzene rings is 1. The summed E-state index contributed by atoms with van der Waals surface area (Å²) < 4.78 is 0. The Morgan fingerprint density at radius 1 is 1.14 bits per heavy atom. The Balaban J connectivity index is 1.75. The number of rotatable bonds is 3. The van der Waals surface area contributed by atoms with Crippen molar-refractivity contribution in [1.29, 1.82) is 0 Å². The molecule has 8 heteroatoms. The predicted octanol–water partition coefficient (Wildman–Crippen LogP) is 1.13. The second kappa shape index (κ2) is 5.53. The van der Waals surface area contributed by atoms with Gasteiger partial charge in [-0.3, -0.25) is 9.59 Å². The van der Waals surface area contributed by atoms with Crippen molar-refractivity contribution >= 4 is 28.5 Å². The molecule has 22 heavy (non-hydrogen) atoms. The number of carbonyl (C=O) groups excluding carboxylic acids is 1. The summed E-state index contributed by atoms with van der Waals surface area (Å²) in [6.07, 6.45) is 1.30. The van der Waals surface area contributed by atoms with Gasteiger partial charge in [-0.2, -0.15) is 0 Å². The first-order valence-electron chi connectivity index (χ1n) is 6.40. The van der Waals surface area contributed by atoms with Gasteiger partial charge in [0.1, 0.15) is 5.02 Å². The van der Waals surface area contributed by atoms with Gasteiger partial charge < -0.3 is 20.3 Å². The van der Waals surface area contributed by atoms with Gasteiger partial charge in [-0.25, -0.2) is 4.79 Å². The van der Waals surface area contributed by atoms with Crippen LogP contribution in [0.15, 0.2) is 40.1 Å². The second-order valence-electron chi connectivity index (χ2n) is 4.71. The molecular weight excluding hydrogens is 308 g/mol. The van der Waals surface area contributed by atoms with E-state index in [0.29, 0.717) is 11.0 Å². The lowest BCUT2D eigenvalue weighted by Crippen LogP contribution is -2.24. The van der Waals surface area contributed by atoms with Crippen molar-refractivity contribution in [1.82, 2.24) is 20.3 Å². The highest BCUT2D eigenvalue weighted by molar-refractivity contribution is 6.30. The molecule has 0 aliphatic carbocycles. The number of aromatic amines is 3. The number of fused-ring (bicyclic) bond motifs is 1. The van der Waals surface area contributed by atoms with Gasteiger partial charge in [0.15, 0.2) is 0 Å². The summed E-state index contributed by atoms with van der Waals surface area (Å²) >= 11 is 5.68. The van der Waals surface area contributed by atoms with E-state index >= 15 is 0 Å². The molecule has 0 unspecified atom stereocenters. The van der Waals surface area contributed by atoms with Crippen LogP contribution in [0.25, 0.3) is 11.0 Å². The zero-order chi connectivity index (χ0) is 15.7. The maximum absolute atomic E-state index is 12.0. The predicted molar refractivity (Wildman–Crippen MR) is 82.2 cm³/mol. The van der Waals surface area contributed by atoms with Gasteiger partial charge in [-0.1, -0.05) is 17.7 Å². The highest BCUT2D eigenvalue weighted by Crippen LogP contribution is 2.10. The number of aromatic nitrogens is 3. The van der Waals surface area contributed by atoms with Crippen molar-refractivity contribution in [2.24, 2.45) is 0 Å². The van der Waals surface area contributed by atoms with Crippen LogP contribution >= 0.6 is 11.6 Å². The minimum Gasteiger partial charge on any atom is -0.348 e. The van der Waals surface area contributed by atoms with Gasteiger partial charge in [0.25, 0.3) is 11.5 Å². The number of pyridine rings is 1. The largest absolute Gasteiger partial charge is 0.348 e. The van der Waals surface area contributed by atoms with Crippen molar-refractivity contribution in [2.75, 3.05) is 0 Å². The fourth-order valence-electron chi connectivity index (χ4n) is 2.06. The SMILES string of the molecule is O=C(NCc1ccc2[nH]c(=O)[nH]c2c1)c1c[nH]c(=O)c(Cl)c1. The molecule has 2 aromatic heterocycles. The van der Waals surface area contributed by atoms with E-state index in [0.717, 1.165) is 5.56 Å². The lowest BCUT2D eigenvalue weighted by Gasteiger charge is -2.05. The topological polar surface area (TPSA) is 111 Å². The van der Waals surface area contributed by atoms with Crippen LogP contribution in [0.4, 0.5) is 0 Å². The zero-order valence-electron chi connectivity index (χ0n) is 11.2. The van der Waals surface area contributed by atoms with Crippen LogP contribution < -0.4 is 16.6 Å². The molecule has 0 saturated heterocycles. The van der Waals surface area contributed by atoms with Crippen LogP contribution in [0.5, 0.6) is 0 Å². The molecule has 0 saturated carbocycles. The van der Waals surface area contributed by atoms with Crippen molar-refractivity contribution < 1.29 is 4.79 Å². The third-order valence-electron chi connectivity index (χ3n) is 3.15. The monoisotopic (exact) mass is 318 g/mol. The lowest BCUT2D eigenvalue weighted by molar-refractivity contribution is 0.0950. The van der Waals surface area contributed by atoms with Crippen LogP contribution in [0.2, 0.25) is 5.02 Å². The average molecular weight is 319 g/mol. The fourth-order valence-corrected chi connectivity index (χ4v) is 2.23. The summed E-state index contributed by atoms with van der Waals surface area (Å²) in [6, 6.07) is 6.63. The Bertz CT molecular complexity index is 970. The molecule has 112 valence electrons. The van der Waals surface area contributed by atoms with Crippen LogP contribution in [0.3, 0.4) is 0 Å². The Hall–Kier alpha value is -2.80. The average Bonchev–Trinajstić information content (AvgIpc) is 2.86. The standard InChI is InChI=1S/C14H11ClN4O3/c15-9-4-8(6-17-13(9)21)12(20)16-5-7-1-2-10-11(3-7)19-14(22)18-10/h1-4,6H,5H2,(H,16,20)(H,17,21)(H2,18,19,22). The Labute approximate surface area is 128 Å². The second-order valence-corrected chi connectivity index (χ2v) is 5.11. The first kappa shape index (κ1) is 14.2. The highest BCUT2D eigenvalue weighted by Gasteiger charge is 2.08. The van der Waals surface area contributed by atoms with Gasteiger partial charge in [0.05, 0.1) is 16.6 Å². The molecule has 1 amide bonds. The number of hydrogen-bond donors (Lipinski definition) is 4. The zero-order valence-corrected chi connectivity index (χ0v) is 12.0. The number of nitrogens with one attached hydrogen (secondary N) is 4. The number of carbonyl (C=O) groups is 1. The number of amides is 1. The van der Waals surface area contributed by atoms with Crippen molar-refractivity contribution in [3.05, 3.63) is 67.4 Å². The minimum atomic E-state index is -0.444. The van der Waals surface area contributed by atoms with E-state index in [2.05, 4.69) is 20.3 Å². The van der Waals surface area contributed by atoms with E-state index in [1.807, 2.05) is 0 Å². The van der Waals surface area contributed by atoms with Gasteiger partial charge in [-0.15, -0.1) is 0 Å². The molecule has 0 aliphatic heterocycles. The lowest BCUT2D eigenvalue weighted by atomic mass is 10.2. The maximum Gasteiger partial charge on any atom is 0.323 e. The quantitative estimate of drug-likeness (QED) is 0.581. The Morgan fingerprint density at radius 3 is 2.68 bits per heavy atom. The van der Waals surface area contributed by atoms with E-state index in [-0.39, 0.29) is 28.7 Å². The summed E-state index contributed by atoms with van der Waals surface area (Å²) in [5, 5.41) is 2.67. The normalized spacial score (nSPS) is 10.8. The highest BCUT2D eigenvalue weighted by atomic mass is 35.5. The number of H-pyrrole nitrogens is 3. The van der Waals surface area contributed by atoms with Gasteiger partial charge >= 0.3 is 5.69 Å². The van der Waals surface area contributed by atoms with E-state index in [1.54, 1.807) is 18.2 Å². The molecule has 0 atom stereocenters. The fraction of sp³-hybridized carbons (Fsp3) is 0.0714. The molecule has 3 aromatic rings. The summed E-state index contributed by atoms with van der Waals surface area (Å²) in [5.74, 6) is -0.360. The maximum atomic E-state index is 12.0. The summed E-state index contributed by atoms with van der Waals surface area (Å²) in [6.45, 7) is 0.277. The summed E-state index contributed by atoms with van der Waals surface area (Å²) in [7, 11) is 0. The van der Waals surface area contributed by atoms with E-state index in [4.69, 9.17) is 11.6 Å². The third kappa shape index (κ3) is 2.79. The van der Waals surface area contributed by atoms with E-state index < -0.39 is 5.56 Å². The first-order valence-corrected chi connectivity index (χ1v) is 6.78. The number of halogens is 1. The van der Waals surface area contributed by atoms with Crippen LogP contribution in [0, 0.1) is 0 Å². The van der Waals surface area contributed by atoms with Crippen molar-refractivity contribution in [2.45, 2.75) is 6.54 Å². The van der Waals surface area contributed by atoms with E-state index in [9.17, 15) is 14.4 Å². The molecule has 0 aliphatic rings.